The van der Waals surface area contributed by atoms with Gasteiger partial charge in [-0.2, -0.15) is 0 Å². The van der Waals surface area contributed by atoms with Crippen LogP contribution in [0.3, 0.4) is 0 Å². The van der Waals surface area contributed by atoms with Crippen molar-refractivity contribution in [3.63, 3.8) is 0 Å². The second-order valence-electron chi connectivity index (χ2n) is 5.61. The molecule has 0 aliphatic heterocycles. The molecule has 0 saturated heterocycles. The molecule has 0 aromatic rings. The Morgan fingerprint density at radius 3 is 1.85 bits per heavy atom. The zero-order valence-corrected chi connectivity index (χ0v) is 13.9. The summed E-state index contributed by atoms with van der Waals surface area (Å²) in [5.74, 6) is -0.150. The molecule has 0 unspecified atom stereocenters. The smallest absolute Gasteiger partial charge is 0.333 e. The monoisotopic (exact) mass is 282 g/mol. The number of ether oxygens (including phenoxy) is 1. The fourth-order valence-electron chi connectivity index (χ4n) is 2.26. The molecule has 0 saturated carbocycles. The summed E-state index contributed by atoms with van der Waals surface area (Å²) in [6.07, 6.45) is 15.8. The Labute approximate surface area is 126 Å². The van der Waals surface area contributed by atoms with Gasteiger partial charge in [0.05, 0.1) is 6.61 Å². The quantitative estimate of drug-likeness (QED) is 0.242. The van der Waals surface area contributed by atoms with E-state index in [9.17, 15) is 4.79 Å². The molecule has 0 atom stereocenters. The molecule has 0 aliphatic carbocycles. The van der Waals surface area contributed by atoms with Crippen molar-refractivity contribution in [3.8, 4) is 0 Å². The molecule has 0 heterocycles. The first-order valence-corrected chi connectivity index (χ1v) is 8.56. The van der Waals surface area contributed by atoms with Crippen molar-refractivity contribution in [2.75, 3.05) is 6.61 Å². The summed E-state index contributed by atoms with van der Waals surface area (Å²) in [6.45, 7) is 6.68. The number of rotatable bonds is 13. The highest BCUT2D eigenvalue weighted by Crippen LogP contribution is 2.10. The van der Waals surface area contributed by atoms with Gasteiger partial charge < -0.3 is 4.74 Å². The number of allylic oxidation sites excluding steroid dienone is 1. The SMILES string of the molecule is CCC=C(C)C(=O)OCCCCCCCCCCCC. The van der Waals surface area contributed by atoms with E-state index in [1.165, 1.54) is 57.8 Å². The lowest BCUT2D eigenvalue weighted by Gasteiger charge is -2.05. The van der Waals surface area contributed by atoms with Gasteiger partial charge in [-0.3, -0.25) is 0 Å². The van der Waals surface area contributed by atoms with Crippen LogP contribution in [0.5, 0.6) is 0 Å². The molecule has 118 valence electrons. The summed E-state index contributed by atoms with van der Waals surface area (Å²) in [4.78, 5) is 11.5. The molecule has 0 spiro atoms. The first-order valence-electron chi connectivity index (χ1n) is 8.56. The Kier molecular flexibility index (Phi) is 14.0. The molecule has 2 nitrogen and oxygen atoms in total. The third-order valence-electron chi connectivity index (χ3n) is 3.56. The van der Waals surface area contributed by atoms with E-state index in [4.69, 9.17) is 4.74 Å². The fourth-order valence-corrected chi connectivity index (χ4v) is 2.26. The third-order valence-corrected chi connectivity index (χ3v) is 3.56. The van der Waals surface area contributed by atoms with Crippen molar-refractivity contribution in [3.05, 3.63) is 11.6 Å². The topological polar surface area (TPSA) is 26.3 Å². The lowest BCUT2D eigenvalue weighted by atomic mass is 10.1. The van der Waals surface area contributed by atoms with Crippen LogP contribution in [0, 0.1) is 0 Å². The van der Waals surface area contributed by atoms with Gasteiger partial charge in [0.25, 0.3) is 0 Å². The normalized spacial score (nSPS) is 11.7. The van der Waals surface area contributed by atoms with Crippen LogP contribution < -0.4 is 0 Å². The maximum absolute atomic E-state index is 11.5. The molecule has 2 heteroatoms. The van der Waals surface area contributed by atoms with E-state index in [-0.39, 0.29) is 5.97 Å². The van der Waals surface area contributed by atoms with E-state index in [1.54, 1.807) is 0 Å². The molecule has 0 fully saturated rings. The highest BCUT2D eigenvalue weighted by molar-refractivity contribution is 5.87. The van der Waals surface area contributed by atoms with Gasteiger partial charge >= 0.3 is 5.97 Å². The number of esters is 1. The van der Waals surface area contributed by atoms with Gasteiger partial charge in [0.1, 0.15) is 0 Å². The summed E-state index contributed by atoms with van der Waals surface area (Å²) >= 11 is 0. The van der Waals surface area contributed by atoms with Crippen LogP contribution in [-0.4, -0.2) is 12.6 Å². The highest BCUT2D eigenvalue weighted by atomic mass is 16.5. The van der Waals surface area contributed by atoms with Crippen molar-refractivity contribution in [2.24, 2.45) is 0 Å². The van der Waals surface area contributed by atoms with Crippen LogP contribution in [0.4, 0.5) is 0 Å². The summed E-state index contributed by atoms with van der Waals surface area (Å²) in [5, 5.41) is 0. The summed E-state index contributed by atoms with van der Waals surface area (Å²) in [5.41, 5.74) is 0.736. The summed E-state index contributed by atoms with van der Waals surface area (Å²) in [7, 11) is 0. The first-order chi connectivity index (χ1) is 9.72. The van der Waals surface area contributed by atoms with Crippen LogP contribution in [0.2, 0.25) is 0 Å². The minimum absolute atomic E-state index is 0.150. The number of carbonyl (C=O) groups is 1. The molecule has 0 aromatic carbocycles. The molecule has 20 heavy (non-hydrogen) atoms. The molecular formula is C18H34O2. The standard InChI is InChI=1S/C18H34O2/c1-4-6-7-8-9-10-11-12-13-14-16-20-18(19)17(3)15-5-2/h15H,4-14,16H2,1-3H3. The van der Waals surface area contributed by atoms with E-state index in [1.807, 2.05) is 19.9 Å². The number of hydrogen-bond acceptors (Lipinski definition) is 2. The van der Waals surface area contributed by atoms with Crippen LogP contribution in [0.25, 0.3) is 0 Å². The second-order valence-corrected chi connectivity index (χ2v) is 5.61. The van der Waals surface area contributed by atoms with Crippen molar-refractivity contribution in [1.29, 1.82) is 0 Å². The molecule has 0 radical (unpaired) electrons. The Morgan fingerprint density at radius 2 is 1.35 bits per heavy atom. The average molecular weight is 282 g/mol. The van der Waals surface area contributed by atoms with Crippen molar-refractivity contribution < 1.29 is 9.53 Å². The van der Waals surface area contributed by atoms with Gasteiger partial charge in [0, 0.05) is 5.57 Å². The van der Waals surface area contributed by atoms with E-state index in [0.29, 0.717) is 6.61 Å². The fraction of sp³-hybridized carbons (Fsp3) is 0.833. The van der Waals surface area contributed by atoms with E-state index >= 15 is 0 Å². The van der Waals surface area contributed by atoms with Gasteiger partial charge in [-0.25, -0.2) is 4.79 Å². The summed E-state index contributed by atoms with van der Waals surface area (Å²) < 4.78 is 5.22. The molecule has 0 rings (SSSR count). The maximum atomic E-state index is 11.5. The van der Waals surface area contributed by atoms with Crippen LogP contribution in [0.15, 0.2) is 11.6 Å². The largest absolute Gasteiger partial charge is 0.462 e. The van der Waals surface area contributed by atoms with Crippen LogP contribution >= 0.6 is 0 Å². The van der Waals surface area contributed by atoms with E-state index < -0.39 is 0 Å². The minimum Gasteiger partial charge on any atom is -0.462 e. The lowest BCUT2D eigenvalue weighted by molar-refractivity contribution is -0.139. The zero-order chi connectivity index (χ0) is 15.1. The van der Waals surface area contributed by atoms with Gasteiger partial charge in [0.2, 0.25) is 0 Å². The van der Waals surface area contributed by atoms with Crippen LogP contribution in [0.1, 0.15) is 91.4 Å². The molecule has 0 amide bonds. The maximum Gasteiger partial charge on any atom is 0.333 e. The minimum atomic E-state index is -0.150. The van der Waals surface area contributed by atoms with Gasteiger partial charge in [-0.05, 0) is 19.8 Å². The second kappa shape index (κ2) is 14.6. The Bertz CT molecular complexity index is 256. The number of unbranched alkanes of at least 4 members (excludes halogenated alkanes) is 9. The lowest BCUT2D eigenvalue weighted by Crippen LogP contribution is -2.07. The van der Waals surface area contributed by atoms with Crippen LogP contribution in [-0.2, 0) is 9.53 Å². The van der Waals surface area contributed by atoms with E-state index in [2.05, 4.69) is 6.92 Å². The third kappa shape index (κ3) is 12.3. The average Bonchev–Trinajstić information content (AvgIpc) is 2.44. The van der Waals surface area contributed by atoms with Gasteiger partial charge in [0.15, 0.2) is 0 Å². The molecule has 0 aliphatic rings. The summed E-state index contributed by atoms with van der Waals surface area (Å²) in [6, 6.07) is 0. The van der Waals surface area contributed by atoms with Gasteiger partial charge in [-0.15, -0.1) is 0 Å². The zero-order valence-electron chi connectivity index (χ0n) is 13.9. The van der Waals surface area contributed by atoms with Crippen molar-refractivity contribution in [1.82, 2.24) is 0 Å². The molecule has 0 aromatic heterocycles. The molecular weight excluding hydrogens is 248 g/mol. The Hall–Kier alpha value is -0.790. The predicted molar refractivity (Wildman–Crippen MR) is 86.9 cm³/mol. The highest BCUT2D eigenvalue weighted by Gasteiger charge is 2.03. The van der Waals surface area contributed by atoms with Crippen molar-refractivity contribution >= 4 is 5.97 Å². The Balaban J connectivity index is 3.24. The molecule has 0 bridgehead atoms. The number of hydrogen-bond donors (Lipinski definition) is 0. The van der Waals surface area contributed by atoms with E-state index in [0.717, 1.165) is 18.4 Å². The first kappa shape index (κ1) is 19.2. The number of carbonyl (C=O) groups excluding carboxylic acids is 1. The molecule has 0 N–H and O–H groups in total. The van der Waals surface area contributed by atoms with Crippen molar-refractivity contribution in [2.45, 2.75) is 91.4 Å². The predicted octanol–water partition coefficient (Wildman–Crippen LogP) is 5.81. The van der Waals surface area contributed by atoms with Gasteiger partial charge in [-0.1, -0.05) is 77.7 Å². The Morgan fingerprint density at radius 1 is 0.850 bits per heavy atom.